The number of likely N-dealkylation sites (tertiary alicyclic amines) is 1. The molecule has 0 bridgehead atoms. The van der Waals surface area contributed by atoms with Gasteiger partial charge in [-0.05, 0) is 61.6 Å². The summed E-state index contributed by atoms with van der Waals surface area (Å²) in [5.41, 5.74) is 3.81. The van der Waals surface area contributed by atoms with Gasteiger partial charge < -0.3 is 28.0 Å². The number of aromatic nitrogens is 3. The van der Waals surface area contributed by atoms with E-state index in [-0.39, 0.29) is 29.8 Å². The Labute approximate surface area is 367 Å². The maximum Gasteiger partial charge on any atom is 0.338 e. The smallest absolute Gasteiger partial charge is 0.338 e. The number of carbonyl (C=O) groups excluding carboxylic acids is 2. The molecule has 0 radical (unpaired) electrons. The molecular weight excluding hydrogens is 844 g/mol. The van der Waals surface area contributed by atoms with Crippen molar-refractivity contribution in [3.05, 3.63) is 89.0 Å². The SMILES string of the molecule is C1CCC2CCCCC2C1.COC(=O)c1csc(-c2cocn2)c1.Cl.O=C(O)c1csc(-c2cocn2)c1.O=C(c1csc(-c2cocn2)c1)N1CCCC2CCCCC21. The highest BCUT2D eigenvalue weighted by Crippen LogP contribution is 2.40. The molecular formula is C44H51ClN4O8S3. The fraction of sp³-hybridized carbons (Fsp3) is 0.455. The van der Waals surface area contributed by atoms with E-state index in [4.69, 9.17) is 18.4 Å². The van der Waals surface area contributed by atoms with Crippen LogP contribution < -0.4 is 0 Å². The fourth-order valence-corrected chi connectivity index (χ4v) is 11.3. The maximum absolute atomic E-state index is 12.9. The second kappa shape index (κ2) is 22.3. The highest BCUT2D eigenvalue weighted by atomic mass is 35.5. The first kappa shape index (κ1) is 45.0. The highest BCUT2D eigenvalue weighted by Gasteiger charge is 2.36. The summed E-state index contributed by atoms with van der Waals surface area (Å²) in [6.07, 6.45) is 28.6. The minimum absolute atomic E-state index is 0. The van der Waals surface area contributed by atoms with Gasteiger partial charge in [0.1, 0.15) is 35.9 Å². The number of piperidine rings is 1. The summed E-state index contributed by atoms with van der Waals surface area (Å²) in [6, 6.07) is 5.72. The summed E-state index contributed by atoms with van der Waals surface area (Å²) < 4.78 is 19.2. The second-order valence-corrected chi connectivity index (χ2v) is 18.1. The van der Waals surface area contributed by atoms with Crippen LogP contribution in [-0.4, -0.2) is 62.5 Å². The van der Waals surface area contributed by atoms with E-state index in [2.05, 4.69) is 24.6 Å². The largest absolute Gasteiger partial charge is 0.478 e. The lowest BCUT2D eigenvalue weighted by Gasteiger charge is -2.44. The molecule has 3 aliphatic carbocycles. The number of aromatic carboxylic acids is 1. The van der Waals surface area contributed by atoms with Gasteiger partial charge in [-0.3, -0.25) is 4.79 Å². The van der Waals surface area contributed by atoms with Gasteiger partial charge >= 0.3 is 11.9 Å². The molecule has 60 heavy (non-hydrogen) atoms. The Bertz CT molecular complexity index is 2170. The van der Waals surface area contributed by atoms with E-state index in [0.717, 1.165) is 62.3 Å². The molecule has 1 saturated heterocycles. The standard InChI is InChI=1S/C17H20N2O2S.C10H18.C9H7NO3S.C8H5NO3S.ClH/c20-17(13-8-16(22-10-13)14-9-21-11-18-14)19-7-3-5-12-4-1-2-6-15(12)19;1-2-6-10-8-4-3-7-9(10)5-1;1-12-9(11)6-2-8(14-4-6)7-3-13-5-10-7;10-8(11)5-1-7(13-3-5)6-2-12-4-9-6;/h8-12,15H,1-7H2;9-10H,1-8H2;2-5H,1H3;1-4H,(H,10,11);1H. The fourth-order valence-electron chi connectivity index (χ4n) is 8.76. The zero-order chi connectivity index (χ0) is 41.0. The lowest BCUT2D eigenvalue weighted by atomic mass is 9.71. The Morgan fingerprint density at radius 2 is 1.03 bits per heavy atom. The first-order chi connectivity index (χ1) is 28.9. The molecule has 4 fully saturated rings. The molecule has 0 spiro atoms. The van der Waals surface area contributed by atoms with E-state index in [1.165, 1.54) is 119 Å². The van der Waals surface area contributed by atoms with Crippen LogP contribution >= 0.6 is 46.4 Å². The number of nitrogens with zero attached hydrogens (tertiary/aromatic N) is 4. The predicted octanol–water partition coefficient (Wildman–Crippen LogP) is 12.3. The molecule has 2 unspecified atom stereocenters. The van der Waals surface area contributed by atoms with Crippen molar-refractivity contribution in [3.63, 3.8) is 0 Å². The third-order valence-electron chi connectivity index (χ3n) is 11.7. The number of carbonyl (C=O) groups is 3. The molecule has 6 aromatic heterocycles. The molecule has 3 saturated carbocycles. The topological polar surface area (TPSA) is 162 Å². The van der Waals surface area contributed by atoms with E-state index in [1.54, 1.807) is 66.2 Å². The van der Waals surface area contributed by atoms with Crippen LogP contribution in [0.1, 0.15) is 121 Å². The number of halogens is 1. The summed E-state index contributed by atoms with van der Waals surface area (Å²) >= 11 is 4.32. The number of carboxylic acids is 1. The Morgan fingerprint density at radius 3 is 1.48 bits per heavy atom. The van der Waals surface area contributed by atoms with Gasteiger partial charge in [-0.1, -0.05) is 64.2 Å². The number of ether oxygens (including phenoxy) is 1. The van der Waals surface area contributed by atoms with Crippen LogP contribution in [0.2, 0.25) is 0 Å². The molecule has 2 atom stereocenters. The number of rotatable bonds is 6. The Balaban J connectivity index is 0.000000139. The Hall–Kier alpha value is -4.57. The van der Waals surface area contributed by atoms with Crippen molar-refractivity contribution in [1.82, 2.24) is 19.9 Å². The second-order valence-electron chi connectivity index (χ2n) is 15.4. The number of hydrogen-bond acceptors (Lipinski definition) is 13. The number of oxazole rings is 3. The number of fused-ring (bicyclic) bond motifs is 2. The molecule has 1 aliphatic heterocycles. The van der Waals surface area contributed by atoms with Crippen molar-refractivity contribution < 1.29 is 37.5 Å². The van der Waals surface area contributed by atoms with Crippen LogP contribution in [0.25, 0.3) is 31.7 Å². The lowest BCUT2D eigenvalue weighted by molar-refractivity contribution is 0.0391. The average Bonchev–Trinajstić information content (AvgIpc) is 4.14. The third-order valence-corrected chi connectivity index (χ3v) is 14.6. The lowest BCUT2D eigenvalue weighted by Crippen LogP contribution is -2.49. The van der Waals surface area contributed by atoms with Gasteiger partial charge in [0.15, 0.2) is 19.2 Å². The van der Waals surface area contributed by atoms with Crippen molar-refractivity contribution >= 4 is 64.3 Å². The van der Waals surface area contributed by atoms with Crippen LogP contribution in [0.3, 0.4) is 0 Å². The molecule has 7 heterocycles. The summed E-state index contributed by atoms with van der Waals surface area (Å²) in [5, 5.41) is 13.9. The number of carboxylic acid groups (broad SMARTS) is 1. The molecule has 12 nitrogen and oxygen atoms in total. The maximum atomic E-state index is 12.9. The quantitative estimate of drug-likeness (QED) is 0.158. The van der Waals surface area contributed by atoms with Gasteiger partial charge in [-0.15, -0.1) is 46.4 Å². The number of methoxy groups -OCH3 is 1. The van der Waals surface area contributed by atoms with Crippen LogP contribution in [0, 0.1) is 17.8 Å². The first-order valence-corrected chi connectivity index (χ1v) is 23.1. The molecule has 0 aromatic carbocycles. The van der Waals surface area contributed by atoms with Crippen LogP contribution in [-0.2, 0) is 4.74 Å². The molecule has 4 aliphatic rings. The van der Waals surface area contributed by atoms with E-state index < -0.39 is 5.97 Å². The van der Waals surface area contributed by atoms with Crippen LogP contribution in [0.4, 0.5) is 0 Å². The Kier molecular flexibility index (Phi) is 16.7. The van der Waals surface area contributed by atoms with Crippen molar-refractivity contribution in [2.75, 3.05) is 13.7 Å². The zero-order valence-electron chi connectivity index (χ0n) is 33.6. The van der Waals surface area contributed by atoms with Crippen LogP contribution in [0.5, 0.6) is 0 Å². The minimum Gasteiger partial charge on any atom is -0.478 e. The minimum atomic E-state index is -0.925. The molecule has 16 heteroatoms. The van der Waals surface area contributed by atoms with Crippen molar-refractivity contribution in [3.8, 4) is 31.7 Å². The molecule has 10 rings (SSSR count). The summed E-state index contributed by atoms with van der Waals surface area (Å²) in [6.45, 7) is 0.912. The molecule has 1 N–H and O–H groups in total. The van der Waals surface area contributed by atoms with E-state index >= 15 is 0 Å². The number of thiophene rings is 3. The monoisotopic (exact) mass is 894 g/mol. The number of esters is 1. The van der Waals surface area contributed by atoms with E-state index in [1.807, 2.05) is 11.4 Å². The highest BCUT2D eigenvalue weighted by molar-refractivity contribution is 7.14. The summed E-state index contributed by atoms with van der Waals surface area (Å²) in [7, 11) is 1.36. The zero-order valence-corrected chi connectivity index (χ0v) is 36.8. The van der Waals surface area contributed by atoms with Crippen molar-refractivity contribution in [2.45, 2.75) is 95.9 Å². The summed E-state index contributed by atoms with van der Waals surface area (Å²) in [5.74, 6) is 1.97. The van der Waals surface area contributed by atoms with Crippen molar-refractivity contribution in [2.24, 2.45) is 17.8 Å². The van der Waals surface area contributed by atoms with Gasteiger partial charge in [0, 0.05) is 28.7 Å². The Morgan fingerprint density at radius 1 is 0.617 bits per heavy atom. The normalized spacial score (nSPS) is 20.5. The van der Waals surface area contributed by atoms with Gasteiger partial charge in [-0.2, -0.15) is 0 Å². The van der Waals surface area contributed by atoms with Gasteiger partial charge in [0.05, 0.1) is 38.4 Å². The van der Waals surface area contributed by atoms with Gasteiger partial charge in [0.25, 0.3) is 5.91 Å². The van der Waals surface area contributed by atoms with Crippen molar-refractivity contribution in [1.29, 1.82) is 0 Å². The summed E-state index contributed by atoms with van der Waals surface area (Å²) in [4.78, 5) is 51.5. The molecule has 1 amide bonds. The first-order valence-electron chi connectivity index (χ1n) is 20.4. The van der Waals surface area contributed by atoms with Gasteiger partial charge in [-0.25, -0.2) is 24.5 Å². The molecule has 320 valence electrons. The number of amides is 1. The third kappa shape index (κ3) is 11.6. The van der Waals surface area contributed by atoms with Gasteiger partial charge in [0.2, 0.25) is 0 Å². The molecule has 6 aromatic rings. The van der Waals surface area contributed by atoms with Crippen LogP contribution in [0.15, 0.2) is 85.6 Å². The average molecular weight is 896 g/mol. The predicted molar refractivity (Wildman–Crippen MR) is 235 cm³/mol. The van der Waals surface area contributed by atoms with E-state index in [0.29, 0.717) is 17.3 Å². The number of hydrogen-bond donors (Lipinski definition) is 1. The van der Waals surface area contributed by atoms with E-state index in [9.17, 15) is 14.4 Å².